The smallest absolute Gasteiger partial charge is 0.195 e. The molecule has 2 rings (SSSR count). The van der Waals surface area contributed by atoms with Gasteiger partial charge in [0.25, 0.3) is 0 Å². The number of nitrogens with one attached hydrogen (secondary N) is 1. The quantitative estimate of drug-likeness (QED) is 0.822. The Hall–Kier alpha value is -1.42. The molecule has 0 aliphatic rings. The van der Waals surface area contributed by atoms with E-state index in [4.69, 9.17) is 12.2 Å². The zero-order chi connectivity index (χ0) is 11.5. The number of aromatic amines is 1. The summed E-state index contributed by atoms with van der Waals surface area (Å²) in [6.45, 7) is 4.30. The van der Waals surface area contributed by atoms with E-state index in [-0.39, 0.29) is 0 Å². The van der Waals surface area contributed by atoms with Crippen LogP contribution in [-0.4, -0.2) is 14.8 Å². The molecule has 0 radical (unpaired) electrons. The third-order valence-electron chi connectivity index (χ3n) is 2.77. The lowest BCUT2D eigenvalue weighted by Gasteiger charge is -2.13. The second kappa shape index (κ2) is 4.61. The van der Waals surface area contributed by atoms with Gasteiger partial charge in [-0.1, -0.05) is 37.3 Å². The van der Waals surface area contributed by atoms with Crippen LogP contribution in [0.15, 0.2) is 30.3 Å². The summed E-state index contributed by atoms with van der Waals surface area (Å²) >= 11 is 5.26. The molecule has 3 nitrogen and oxygen atoms in total. The normalized spacial score (nSPS) is 12.6. The first kappa shape index (κ1) is 11.1. The Morgan fingerprint density at radius 1 is 1.38 bits per heavy atom. The summed E-state index contributed by atoms with van der Waals surface area (Å²) in [6.07, 6.45) is 1.04. The van der Waals surface area contributed by atoms with Crippen molar-refractivity contribution in [2.45, 2.75) is 26.3 Å². The van der Waals surface area contributed by atoms with Crippen LogP contribution in [0.1, 0.15) is 26.3 Å². The molecule has 0 aliphatic heterocycles. The number of H-pyrrole nitrogens is 1. The zero-order valence-corrected chi connectivity index (χ0v) is 10.3. The van der Waals surface area contributed by atoms with E-state index in [2.05, 4.69) is 28.6 Å². The Morgan fingerprint density at radius 3 is 2.69 bits per heavy atom. The Kier molecular flexibility index (Phi) is 3.19. The van der Waals surface area contributed by atoms with Crippen LogP contribution in [0.5, 0.6) is 0 Å². The molecular weight excluding hydrogens is 218 g/mol. The van der Waals surface area contributed by atoms with Crippen molar-refractivity contribution in [2.75, 3.05) is 0 Å². The minimum Gasteiger partial charge on any atom is -0.297 e. The summed E-state index contributed by atoms with van der Waals surface area (Å²) in [5.41, 5.74) is 1.09. The van der Waals surface area contributed by atoms with Crippen LogP contribution < -0.4 is 0 Å². The second-order valence-electron chi connectivity index (χ2n) is 3.85. The molecule has 1 atom stereocenters. The SMILES string of the molecule is CCC(C)n1c(-c2ccccc2)n[nH]c1=S. The lowest BCUT2D eigenvalue weighted by molar-refractivity contribution is 0.528. The maximum atomic E-state index is 5.26. The minimum atomic E-state index is 0.362. The van der Waals surface area contributed by atoms with Crippen molar-refractivity contribution in [3.05, 3.63) is 35.1 Å². The van der Waals surface area contributed by atoms with Crippen molar-refractivity contribution in [3.8, 4) is 11.4 Å². The Bertz CT molecular complexity index is 513. The highest BCUT2D eigenvalue weighted by Gasteiger charge is 2.12. The van der Waals surface area contributed by atoms with E-state index in [0.717, 1.165) is 17.8 Å². The van der Waals surface area contributed by atoms with Crippen molar-refractivity contribution >= 4 is 12.2 Å². The largest absolute Gasteiger partial charge is 0.297 e. The van der Waals surface area contributed by atoms with Gasteiger partial charge in [-0.3, -0.25) is 9.67 Å². The van der Waals surface area contributed by atoms with Gasteiger partial charge in [-0.25, -0.2) is 0 Å². The fourth-order valence-electron chi connectivity index (χ4n) is 1.69. The van der Waals surface area contributed by atoms with Crippen molar-refractivity contribution in [1.82, 2.24) is 14.8 Å². The molecule has 1 aromatic heterocycles. The highest BCUT2D eigenvalue weighted by Crippen LogP contribution is 2.22. The zero-order valence-electron chi connectivity index (χ0n) is 9.47. The third kappa shape index (κ3) is 1.93. The fourth-order valence-corrected chi connectivity index (χ4v) is 2.00. The summed E-state index contributed by atoms with van der Waals surface area (Å²) in [4.78, 5) is 0. The average molecular weight is 233 g/mol. The Balaban J connectivity index is 2.55. The van der Waals surface area contributed by atoms with Gasteiger partial charge in [-0.05, 0) is 25.6 Å². The van der Waals surface area contributed by atoms with Crippen molar-refractivity contribution in [3.63, 3.8) is 0 Å². The summed E-state index contributed by atoms with van der Waals surface area (Å²) in [5, 5.41) is 7.17. The molecule has 0 aliphatic carbocycles. The maximum Gasteiger partial charge on any atom is 0.195 e. The number of rotatable bonds is 3. The highest BCUT2D eigenvalue weighted by atomic mass is 32.1. The summed E-state index contributed by atoms with van der Waals surface area (Å²) in [5.74, 6) is 0.917. The molecule has 1 heterocycles. The molecule has 1 N–H and O–H groups in total. The first-order chi connectivity index (χ1) is 7.74. The minimum absolute atomic E-state index is 0.362. The third-order valence-corrected chi connectivity index (χ3v) is 3.06. The van der Waals surface area contributed by atoms with Gasteiger partial charge in [0.1, 0.15) is 0 Å². The summed E-state index contributed by atoms with van der Waals surface area (Å²) < 4.78 is 2.76. The van der Waals surface area contributed by atoms with E-state index in [1.54, 1.807) is 0 Å². The van der Waals surface area contributed by atoms with Gasteiger partial charge in [0, 0.05) is 11.6 Å². The molecule has 0 amide bonds. The van der Waals surface area contributed by atoms with Crippen molar-refractivity contribution < 1.29 is 0 Å². The van der Waals surface area contributed by atoms with Crippen LogP contribution in [0.25, 0.3) is 11.4 Å². The van der Waals surface area contributed by atoms with Gasteiger partial charge >= 0.3 is 0 Å². The molecule has 84 valence electrons. The predicted molar refractivity (Wildman–Crippen MR) is 67.8 cm³/mol. The van der Waals surface area contributed by atoms with Crippen LogP contribution in [0, 0.1) is 4.77 Å². The molecule has 1 unspecified atom stereocenters. The van der Waals surface area contributed by atoms with Crippen molar-refractivity contribution in [1.29, 1.82) is 0 Å². The monoisotopic (exact) mass is 233 g/mol. The van der Waals surface area contributed by atoms with Gasteiger partial charge in [0.15, 0.2) is 10.6 Å². The van der Waals surface area contributed by atoms with E-state index < -0.39 is 0 Å². The fraction of sp³-hybridized carbons (Fsp3) is 0.333. The molecule has 0 saturated carbocycles. The average Bonchev–Trinajstić information content (AvgIpc) is 2.71. The molecule has 0 saturated heterocycles. The molecule has 2 aromatic rings. The van der Waals surface area contributed by atoms with Gasteiger partial charge < -0.3 is 0 Å². The Labute approximate surface area is 100 Å². The maximum absolute atomic E-state index is 5.26. The summed E-state index contributed by atoms with van der Waals surface area (Å²) in [6, 6.07) is 10.5. The standard InChI is InChI=1S/C12H15N3S/c1-3-9(2)15-11(13-14-12(15)16)10-7-5-4-6-8-10/h4-9H,3H2,1-2H3,(H,14,16). The molecule has 0 fully saturated rings. The van der Waals surface area contributed by atoms with E-state index in [0.29, 0.717) is 10.8 Å². The van der Waals surface area contributed by atoms with E-state index in [1.165, 1.54) is 0 Å². The molecule has 0 spiro atoms. The number of benzene rings is 1. The highest BCUT2D eigenvalue weighted by molar-refractivity contribution is 7.71. The van der Waals surface area contributed by atoms with Gasteiger partial charge in [-0.2, -0.15) is 5.10 Å². The van der Waals surface area contributed by atoms with Crippen LogP contribution in [0.4, 0.5) is 0 Å². The lowest BCUT2D eigenvalue weighted by Crippen LogP contribution is -2.05. The predicted octanol–water partition coefficient (Wildman–Crippen LogP) is 3.58. The summed E-state index contributed by atoms with van der Waals surface area (Å²) in [7, 11) is 0. The van der Waals surface area contributed by atoms with Crippen LogP contribution in [0.2, 0.25) is 0 Å². The molecule has 0 bridgehead atoms. The van der Waals surface area contributed by atoms with E-state index in [1.807, 2.05) is 30.3 Å². The molecular formula is C12H15N3S. The molecule has 1 aromatic carbocycles. The first-order valence-corrected chi connectivity index (χ1v) is 5.87. The van der Waals surface area contributed by atoms with Crippen molar-refractivity contribution in [2.24, 2.45) is 0 Å². The lowest BCUT2D eigenvalue weighted by atomic mass is 10.2. The van der Waals surface area contributed by atoms with Crippen LogP contribution in [-0.2, 0) is 0 Å². The first-order valence-electron chi connectivity index (χ1n) is 5.46. The number of hydrogen-bond donors (Lipinski definition) is 1. The van der Waals surface area contributed by atoms with Crippen LogP contribution >= 0.6 is 12.2 Å². The topological polar surface area (TPSA) is 33.6 Å². The Morgan fingerprint density at radius 2 is 2.06 bits per heavy atom. The number of aromatic nitrogens is 3. The van der Waals surface area contributed by atoms with Crippen LogP contribution in [0.3, 0.4) is 0 Å². The van der Waals surface area contributed by atoms with Gasteiger partial charge in [-0.15, -0.1) is 0 Å². The van der Waals surface area contributed by atoms with E-state index >= 15 is 0 Å². The van der Waals surface area contributed by atoms with E-state index in [9.17, 15) is 0 Å². The number of hydrogen-bond acceptors (Lipinski definition) is 2. The molecule has 16 heavy (non-hydrogen) atoms. The number of nitrogens with zero attached hydrogens (tertiary/aromatic N) is 2. The molecule has 4 heteroatoms. The van der Waals surface area contributed by atoms with Gasteiger partial charge in [0.05, 0.1) is 0 Å². The second-order valence-corrected chi connectivity index (χ2v) is 4.23. The van der Waals surface area contributed by atoms with Gasteiger partial charge in [0.2, 0.25) is 0 Å².